The number of imidazole rings is 1. The van der Waals surface area contributed by atoms with Crippen molar-refractivity contribution in [2.24, 2.45) is 7.05 Å². The van der Waals surface area contributed by atoms with Crippen molar-refractivity contribution in [1.29, 1.82) is 0 Å². The number of rotatable bonds is 1. The van der Waals surface area contributed by atoms with Crippen LogP contribution in [0.4, 0.5) is 0 Å². The molecule has 0 spiro atoms. The van der Waals surface area contributed by atoms with E-state index in [0.29, 0.717) is 0 Å². The number of aryl methyl sites for hydroxylation is 2. The number of hydrogen-bond donors (Lipinski definition) is 0. The summed E-state index contributed by atoms with van der Waals surface area (Å²) in [5.41, 5.74) is 4.50. The van der Waals surface area contributed by atoms with Crippen molar-refractivity contribution in [3.8, 4) is 11.4 Å². The lowest BCUT2D eigenvalue weighted by Gasteiger charge is -2.02. The van der Waals surface area contributed by atoms with E-state index in [-0.39, 0.29) is 0 Å². The molecule has 0 amide bonds. The summed E-state index contributed by atoms with van der Waals surface area (Å²) < 4.78 is 2.12. The maximum absolute atomic E-state index is 5.91. The lowest BCUT2D eigenvalue weighted by molar-refractivity contribution is 0.959. The maximum Gasteiger partial charge on any atom is 0.140 e. The predicted octanol–water partition coefficient (Wildman–Crippen LogP) is 4.20. The highest BCUT2D eigenvalue weighted by Gasteiger charge is 2.09. The van der Waals surface area contributed by atoms with Crippen molar-refractivity contribution in [3.63, 3.8) is 0 Å². The van der Waals surface area contributed by atoms with Gasteiger partial charge in [-0.3, -0.25) is 0 Å². The lowest BCUT2D eigenvalue weighted by Crippen LogP contribution is -1.92. The van der Waals surface area contributed by atoms with Gasteiger partial charge in [-0.2, -0.15) is 0 Å². The standard InChI is InChI=1S/C15H13ClN2/c1-10-3-8-13-14(9-10)18(2)15(17-13)11-4-6-12(16)7-5-11/h3-9H,1-2H3. The molecule has 0 saturated heterocycles. The molecular formula is C15H13ClN2. The van der Waals surface area contributed by atoms with Gasteiger partial charge in [0.25, 0.3) is 0 Å². The molecule has 2 nitrogen and oxygen atoms in total. The van der Waals surface area contributed by atoms with E-state index in [1.165, 1.54) is 5.56 Å². The Bertz CT molecular complexity index is 711. The Balaban J connectivity index is 2.23. The third-order valence-electron chi connectivity index (χ3n) is 3.14. The molecule has 18 heavy (non-hydrogen) atoms. The molecule has 3 heteroatoms. The Morgan fingerprint density at radius 1 is 1.06 bits per heavy atom. The molecule has 0 unspecified atom stereocenters. The Hall–Kier alpha value is -1.80. The molecule has 0 fully saturated rings. The summed E-state index contributed by atoms with van der Waals surface area (Å²) in [5, 5.41) is 0.744. The van der Waals surface area contributed by atoms with Crippen molar-refractivity contribution < 1.29 is 0 Å². The number of nitrogens with zero attached hydrogens (tertiary/aromatic N) is 2. The number of hydrogen-bond acceptors (Lipinski definition) is 1. The highest BCUT2D eigenvalue weighted by Crippen LogP contribution is 2.25. The van der Waals surface area contributed by atoms with E-state index in [4.69, 9.17) is 11.6 Å². The first-order valence-corrected chi connectivity index (χ1v) is 6.22. The molecule has 0 aliphatic carbocycles. The number of halogens is 1. The van der Waals surface area contributed by atoms with Gasteiger partial charge in [-0.1, -0.05) is 17.7 Å². The van der Waals surface area contributed by atoms with Crippen molar-refractivity contribution in [3.05, 3.63) is 53.1 Å². The molecule has 1 heterocycles. The fourth-order valence-electron chi connectivity index (χ4n) is 2.16. The predicted molar refractivity (Wildman–Crippen MR) is 75.9 cm³/mol. The van der Waals surface area contributed by atoms with Gasteiger partial charge < -0.3 is 4.57 Å². The maximum atomic E-state index is 5.91. The number of benzene rings is 2. The summed E-state index contributed by atoms with van der Waals surface area (Å²) in [6, 6.07) is 14.1. The average molecular weight is 257 g/mol. The van der Waals surface area contributed by atoms with Gasteiger partial charge in [0.2, 0.25) is 0 Å². The zero-order valence-electron chi connectivity index (χ0n) is 10.3. The monoisotopic (exact) mass is 256 g/mol. The minimum Gasteiger partial charge on any atom is -0.327 e. The van der Waals surface area contributed by atoms with Gasteiger partial charge >= 0.3 is 0 Å². The number of aromatic nitrogens is 2. The Morgan fingerprint density at radius 3 is 2.50 bits per heavy atom. The second-order valence-corrected chi connectivity index (χ2v) is 4.93. The molecular weight excluding hydrogens is 244 g/mol. The summed E-state index contributed by atoms with van der Waals surface area (Å²) in [5.74, 6) is 0.965. The minimum atomic E-state index is 0.744. The Labute approximate surface area is 111 Å². The van der Waals surface area contributed by atoms with Crippen LogP contribution in [-0.4, -0.2) is 9.55 Å². The summed E-state index contributed by atoms with van der Waals surface area (Å²) in [6.07, 6.45) is 0. The van der Waals surface area contributed by atoms with Gasteiger partial charge in [0.15, 0.2) is 0 Å². The first kappa shape index (κ1) is 11.3. The Morgan fingerprint density at radius 2 is 1.78 bits per heavy atom. The quantitative estimate of drug-likeness (QED) is 0.638. The molecule has 3 aromatic rings. The summed E-state index contributed by atoms with van der Waals surface area (Å²) >= 11 is 5.91. The first-order chi connectivity index (χ1) is 8.65. The topological polar surface area (TPSA) is 17.8 Å². The minimum absolute atomic E-state index is 0.744. The molecule has 3 rings (SSSR count). The van der Waals surface area contributed by atoms with Crippen LogP contribution in [0.15, 0.2) is 42.5 Å². The normalized spacial score (nSPS) is 11.1. The van der Waals surface area contributed by atoms with E-state index in [2.05, 4.69) is 34.7 Å². The summed E-state index contributed by atoms with van der Waals surface area (Å²) in [7, 11) is 2.04. The van der Waals surface area contributed by atoms with Crippen molar-refractivity contribution in [2.45, 2.75) is 6.92 Å². The van der Waals surface area contributed by atoms with Crippen molar-refractivity contribution in [2.75, 3.05) is 0 Å². The van der Waals surface area contributed by atoms with Crippen molar-refractivity contribution >= 4 is 22.6 Å². The van der Waals surface area contributed by atoms with Crippen LogP contribution < -0.4 is 0 Å². The first-order valence-electron chi connectivity index (χ1n) is 5.84. The van der Waals surface area contributed by atoms with Crippen LogP contribution in [0.3, 0.4) is 0 Å². The molecule has 2 aromatic carbocycles. The summed E-state index contributed by atoms with van der Waals surface area (Å²) in [6.45, 7) is 2.09. The van der Waals surface area contributed by atoms with Gasteiger partial charge in [0.1, 0.15) is 5.82 Å². The second-order valence-electron chi connectivity index (χ2n) is 4.49. The van der Waals surface area contributed by atoms with Crippen LogP contribution in [0.25, 0.3) is 22.4 Å². The van der Waals surface area contributed by atoms with E-state index in [0.717, 1.165) is 27.4 Å². The van der Waals surface area contributed by atoms with Gasteiger partial charge in [-0.05, 0) is 48.9 Å². The van der Waals surface area contributed by atoms with Gasteiger partial charge in [0, 0.05) is 17.6 Å². The van der Waals surface area contributed by atoms with Crippen molar-refractivity contribution in [1.82, 2.24) is 9.55 Å². The van der Waals surface area contributed by atoms with Crippen LogP contribution >= 0.6 is 11.6 Å². The van der Waals surface area contributed by atoms with Crippen LogP contribution in [0.1, 0.15) is 5.56 Å². The molecule has 90 valence electrons. The molecule has 0 aliphatic heterocycles. The fourth-order valence-corrected chi connectivity index (χ4v) is 2.28. The zero-order chi connectivity index (χ0) is 12.7. The molecule has 0 radical (unpaired) electrons. The summed E-state index contributed by atoms with van der Waals surface area (Å²) in [4.78, 5) is 4.67. The molecule has 0 saturated carbocycles. The van der Waals surface area contributed by atoms with E-state index >= 15 is 0 Å². The van der Waals surface area contributed by atoms with Gasteiger partial charge in [-0.25, -0.2) is 4.98 Å². The number of fused-ring (bicyclic) bond motifs is 1. The third kappa shape index (κ3) is 1.79. The highest BCUT2D eigenvalue weighted by atomic mass is 35.5. The van der Waals surface area contributed by atoms with Crippen LogP contribution in [0, 0.1) is 6.92 Å². The van der Waals surface area contributed by atoms with Gasteiger partial charge in [0.05, 0.1) is 11.0 Å². The zero-order valence-corrected chi connectivity index (χ0v) is 11.1. The van der Waals surface area contributed by atoms with E-state index < -0.39 is 0 Å². The highest BCUT2D eigenvalue weighted by molar-refractivity contribution is 6.30. The fraction of sp³-hybridized carbons (Fsp3) is 0.133. The van der Waals surface area contributed by atoms with Gasteiger partial charge in [-0.15, -0.1) is 0 Å². The Kier molecular flexibility index (Phi) is 2.60. The van der Waals surface area contributed by atoms with E-state index in [9.17, 15) is 0 Å². The molecule has 0 atom stereocenters. The van der Waals surface area contributed by atoms with Crippen LogP contribution in [-0.2, 0) is 7.05 Å². The largest absolute Gasteiger partial charge is 0.327 e. The van der Waals surface area contributed by atoms with Crippen LogP contribution in [0.2, 0.25) is 5.02 Å². The van der Waals surface area contributed by atoms with E-state index in [1.807, 2.05) is 31.3 Å². The lowest BCUT2D eigenvalue weighted by atomic mass is 10.2. The molecule has 0 N–H and O–H groups in total. The smallest absolute Gasteiger partial charge is 0.140 e. The van der Waals surface area contributed by atoms with Crippen LogP contribution in [0.5, 0.6) is 0 Å². The van der Waals surface area contributed by atoms with E-state index in [1.54, 1.807) is 0 Å². The molecule has 0 aliphatic rings. The molecule has 1 aromatic heterocycles. The third-order valence-corrected chi connectivity index (χ3v) is 3.39. The molecule has 0 bridgehead atoms. The second kappa shape index (κ2) is 4.14. The average Bonchev–Trinajstić information content (AvgIpc) is 2.68. The SMILES string of the molecule is Cc1ccc2nc(-c3ccc(Cl)cc3)n(C)c2c1.